The Morgan fingerprint density at radius 1 is 1.18 bits per heavy atom. The van der Waals surface area contributed by atoms with Crippen LogP contribution in [0.15, 0.2) is 49.1 Å². The highest BCUT2D eigenvalue weighted by molar-refractivity contribution is 6.36. The van der Waals surface area contributed by atoms with Crippen LogP contribution in [-0.2, 0) is 17.8 Å². The molecule has 4 heterocycles. The van der Waals surface area contributed by atoms with Crippen LogP contribution in [-0.4, -0.2) is 90.2 Å². The molecule has 3 aromatic rings. The number of halogens is 1. The highest BCUT2D eigenvalue weighted by Crippen LogP contribution is 2.37. The van der Waals surface area contributed by atoms with Crippen molar-refractivity contribution in [2.45, 2.75) is 56.8 Å². The summed E-state index contributed by atoms with van der Waals surface area (Å²) in [5.74, 6) is 0.782. The van der Waals surface area contributed by atoms with Crippen molar-refractivity contribution in [2.75, 3.05) is 56.2 Å². The number of ether oxygens (including phenoxy) is 1. The van der Waals surface area contributed by atoms with Crippen molar-refractivity contribution in [3.05, 3.63) is 65.3 Å². The van der Waals surface area contributed by atoms with Crippen LogP contribution in [0.3, 0.4) is 0 Å². The molecule has 3 aliphatic rings. The maximum absolute atomic E-state index is 13.1. The molecule has 236 valence electrons. The second kappa shape index (κ2) is 13.6. The quantitative estimate of drug-likeness (QED) is 0.349. The molecule has 0 bridgehead atoms. The summed E-state index contributed by atoms with van der Waals surface area (Å²) in [5, 5.41) is 12.5. The zero-order valence-electron chi connectivity index (χ0n) is 25.9. The Kier molecular flexibility index (Phi) is 9.40. The van der Waals surface area contributed by atoms with Gasteiger partial charge in [0.1, 0.15) is 12.4 Å². The molecular weight excluding hydrogens is 588 g/mol. The molecule has 6 rings (SSSR count). The van der Waals surface area contributed by atoms with Gasteiger partial charge in [-0.05, 0) is 50.4 Å². The number of benzene rings is 2. The molecular formula is C34H41ClN8O2. The lowest BCUT2D eigenvalue weighted by Crippen LogP contribution is -2.56. The number of likely N-dealkylation sites (tertiary alicyclic amines) is 1. The van der Waals surface area contributed by atoms with Crippen molar-refractivity contribution in [1.29, 1.82) is 5.26 Å². The summed E-state index contributed by atoms with van der Waals surface area (Å²) in [7, 11) is 2.13. The van der Waals surface area contributed by atoms with Crippen LogP contribution in [0.1, 0.15) is 36.9 Å². The van der Waals surface area contributed by atoms with Crippen LogP contribution in [0.4, 0.5) is 11.5 Å². The summed E-state index contributed by atoms with van der Waals surface area (Å²) in [6.07, 6.45) is 4.98. The third kappa shape index (κ3) is 6.57. The number of nitriles is 1. The molecule has 2 N–H and O–H groups in total. The Labute approximate surface area is 270 Å². The Morgan fingerprint density at radius 2 is 2.00 bits per heavy atom. The highest BCUT2D eigenvalue weighted by Gasteiger charge is 2.34. The van der Waals surface area contributed by atoms with Crippen LogP contribution in [0.2, 0.25) is 5.02 Å². The van der Waals surface area contributed by atoms with E-state index in [0.29, 0.717) is 44.8 Å². The monoisotopic (exact) mass is 628 g/mol. The van der Waals surface area contributed by atoms with E-state index in [9.17, 15) is 10.1 Å². The van der Waals surface area contributed by atoms with Gasteiger partial charge in [0.2, 0.25) is 5.91 Å². The minimum Gasteiger partial charge on any atom is -0.462 e. The summed E-state index contributed by atoms with van der Waals surface area (Å²) in [4.78, 5) is 31.8. The average Bonchev–Trinajstić information content (AvgIpc) is 3.47. The first-order valence-electron chi connectivity index (χ1n) is 15.8. The molecule has 0 unspecified atom stereocenters. The van der Waals surface area contributed by atoms with Gasteiger partial charge in [0.15, 0.2) is 0 Å². The van der Waals surface area contributed by atoms with Gasteiger partial charge >= 0.3 is 6.01 Å². The molecule has 2 fully saturated rings. The Hall–Kier alpha value is -3.91. The molecule has 3 aliphatic heterocycles. The molecule has 11 heteroatoms. The fourth-order valence-corrected chi connectivity index (χ4v) is 7.16. The summed E-state index contributed by atoms with van der Waals surface area (Å²) in [5.41, 5.74) is 9.10. The smallest absolute Gasteiger partial charge is 0.318 e. The van der Waals surface area contributed by atoms with Gasteiger partial charge in [-0.2, -0.15) is 15.2 Å². The summed E-state index contributed by atoms with van der Waals surface area (Å²) in [6.45, 7) is 8.24. The van der Waals surface area contributed by atoms with Crippen molar-refractivity contribution in [2.24, 2.45) is 5.73 Å². The molecule has 1 aromatic heterocycles. The first-order chi connectivity index (χ1) is 21.9. The van der Waals surface area contributed by atoms with Crippen molar-refractivity contribution in [3.63, 3.8) is 0 Å². The van der Waals surface area contributed by atoms with Gasteiger partial charge in [-0.3, -0.25) is 4.79 Å². The standard InChI is InChI=1S/C34H41ClN8O2/c1-3-24(37)19-31(44)43-18-17-42(20-25(43)12-14-36)33-27-13-16-41(30-11-5-8-23-7-4-10-28(35)32(23)30)21-29(27)38-34(39-33)45-22-26-9-6-15-40(26)2/h3-5,7-8,10-11,24-26H,1,6,9,12-13,15-22,37H2,2H3/t24-,25+,26+/m1/s1. The van der Waals surface area contributed by atoms with Crippen LogP contribution < -0.4 is 20.3 Å². The first kappa shape index (κ1) is 31.1. The normalized spacial score (nSPS) is 21.0. The number of fused-ring (bicyclic) bond motifs is 2. The number of carbonyl (C=O) groups excluding carboxylic acids is 1. The van der Waals surface area contributed by atoms with Crippen LogP contribution >= 0.6 is 11.6 Å². The van der Waals surface area contributed by atoms with Gasteiger partial charge in [-0.25, -0.2) is 0 Å². The van der Waals surface area contributed by atoms with Crippen molar-refractivity contribution >= 4 is 39.8 Å². The molecule has 2 aromatic carbocycles. The Balaban J connectivity index is 1.31. The van der Waals surface area contributed by atoms with Gasteiger partial charge in [-0.1, -0.05) is 41.9 Å². The third-order valence-electron chi connectivity index (χ3n) is 9.41. The zero-order valence-corrected chi connectivity index (χ0v) is 26.6. The van der Waals surface area contributed by atoms with Gasteiger partial charge in [0, 0.05) is 61.3 Å². The lowest BCUT2D eigenvalue weighted by molar-refractivity contribution is -0.134. The highest BCUT2D eigenvalue weighted by atomic mass is 35.5. The largest absolute Gasteiger partial charge is 0.462 e. The second-order valence-corrected chi connectivity index (χ2v) is 12.7. The second-order valence-electron chi connectivity index (χ2n) is 12.3. The minimum absolute atomic E-state index is 0.0545. The maximum Gasteiger partial charge on any atom is 0.318 e. The molecule has 0 saturated carbocycles. The first-order valence-corrected chi connectivity index (χ1v) is 16.2. The number of amides is 1. The number of likely N-dealkylation sites (N-methyl/N-ethyl adjacent to an activating group) is 1. The van der Waals surface area contributed by atoms with Gasteiger partial charge in [0.05, 0.1) is 35.8 Å². The Bertz CT molecular complexity index is 1600. The SMILES string of the molecule is C=C[C@@H](N)CC(=O)N1CCN(c2nc(OC[C@@H]3CCCN3C)nc3c2CCN(c2cccc4cccc(Cl)c24)C3)C[C@@H]1CC#N. The summed E-state index contributed by atoms with van der Waals surface area (Å²) >= 11 is 6.71. The fraction of sp³-hybridized carbons (Fsp3) is 0.471. The van der Waals surface area contributed by atoms with E-state index in [-0.39, 0.29) is 24.8 Å². The van der Waals surface area contributed by atoms with Crippen LogP contribution in [0.5, 0.6) is 6.01 Å². The van der Waals surface area contributed by atoms with Gasteiger partial charge in [-0.15, -0.1) is 6.58 Å². The molecule has 0 aliphatic carbocycles. The zero-order chi connectivity index (χ0) is 31.5. The predicted molar refractivity (Wildman–Crippen MR) is 178 cm³/mol. The molecule has 0 radical (unpaired) electrons. The van der Waals surface area contributed by atoms with E-state index in [1.807, 2.05) is 12.1 Å². The lowest BCUT2D eigenvalue weighted by atomic mass is 10.0. The maximum atomic E-state index is 13.1. The summed E-state index contributed by atoms with van der Waals surface area (Å²) in [6, 6.07) is 14.6. The molecule has 10 nitrogen and oxygen atoms in total. The predicted octanol–water partition coefficient (Wildman–Crippen LogP) is 4.15. The van der Waals surface area contributed by atoms with E-state index in [0.717, 1.165) is 70.9 Å². The van der Waals surface area contributed by atoms with E-state index in [4.69, 9.17) is 32.0 Å². The molecule has 45 heavy (non-hydrogen) atoms. The van der Waals surface area contributed by atoms with E-state index in [2.05, 4.69) is 58.7 Å². The Morgan fingerprint density at radius 3 is 2.76 bits per heavy atom. The number of rotatable bonds is 9. The molecule has 3 atom stereocenters. The van der Waals surface area contributed by atoms with Gasteiger partial charge in [0.25, 0.3) is 0 Å². The number of anilines is 2. The van der Waals surface area contributed by atoms with Crippen molar-refractivity contribution in [1.82, 2.24) is 19.8 Å². The molecule has 2 saturated heterocycles. The number of nitrogens with two attached hydrogens (primary N) is 1. The number of hydrogen-bond acceptors (Lipinski definition) is 9. The number of piperazine rings is 1. The van der Waals surface area contributed by atoms with Crippen molar-refractivity contribution in [3.8, 4) is 12.1 Å². The van der Waals surface area contributed by atoms with Crippen LogP contribution in [0.25, 0.3) is 10.8 Å². The van der Waals surface area contributed by atoms with E-state index in [1.165, 1.54) is 0 Å². The number of aromatic nitrogens is 2. The number of hydrogen-bond donors (Lipinski definition) is 1. The lowest BCUT2D eigenvalue weighted by Gasteiger charge is -2.42. The molecule has 1 amide bonds. The minimum atomic E-state index is -0.412. The average molecular weight is 629 g/mol. The van der Waals surface area contributed by atoms with E-state index >= 15 is 0 Å². The number of carbonyl (C=O) groups is 1. The molecule has 0 spiro atoms. The third-order valence-corrected chi connectivity index (χ3v) is 9.73. The van der Waals surface area contributed by atoms with Crippen LogP contribution in [0, 0.1) is 11.3 Å². The van der Waals surface area contributed by atoms with Crippen molar-refractivity contribution < 1.29 is 9.53 Å². The number of nitrogens with zero attached hydrogens (tertiary/aromatic N) is 7. The fourth-order valence-electron chi connectivity index (χ4n) is 6.88. The van der Waals surface area contributed by atoms with E-state index < -0.39 is 6.04 Å². The summed E-state index contributed by atoms with van der Waals surface area (Å²) < 4.78 is 6.31. The topological polar surface area (TPSA) is 115 Å². The van der Waals surface area contributed by atoms with Gasteiger partial charge < -0.3 is 30.1 Å². The van der Waals surface area contributed by atoms with E-state index in [1.54, 1.807) is 11.0 Å².